The number of hydrogen-bond donors (Lipinski definition) is 3. The van der Waals surface area contributed by atoms with Crippen molar-refractivity contribution in [2.75, 3.05) is 30.8 Å². The molecule has 0 spiro atoms. The fourth-order valence-corrected chi connectivity index (χ4v) is 5.97. The van der Waals surface area contributed by atoms with E-state index in [1.807, 2.05) is 0 Å². The SMILES string of the molecule is COc1ccc(C(=O)N2CC[C@H](O)C2)cc1C(=O)Nc1c(C(=O)Nc2ccc(F)c(C(F)(F)F)c2)sc2cc(C(F)(F)F)ccc12. The molecule has 3 aromatic carbocycles. The Bertz CT molecular complexity index is 1860. The van der Waals surface area contributed by atoms with Crippen LogP contribution < -0.4 is 15.4 Å². The second-order valence-electron chi connectivity index (χ2n) is 10.2. The van der Waals surface area contributed by atoms with Gasteiger partial charge < -0.3 is 25.4 Å². The molecule has 8 nitrogen and oxygen atoms in total. The van der Waals surface area contributed by atoms with Gasteiger partial charge in [-0.3, -0.25) is 14.4 Å². The van der Waals surface area contributed by atoms with Gasteiger partial charge in [-0.25, -0.2) is 4.39 Å². The average molecular weight is 670 g/mol. The number of likely N-dealkylation sites (tertiary alicyclic amines) is 1. The van der Waals surface area contributed by atoms with Crippen molar-refractivity contribution < 1.29 is 55.0 Å². The molecule has 5 rings (SSSR count). The standard InChI is InChI=1S/C30H22F7N3O5S/c1-45-22-7-2-14(28(44)40-9-8-17(41)13-40)10-19(22)26(42)39-24-18-5-3-15(29(32,33)34)11-23(18)46-25(24)27(43)38-16-4-6-21(31)20(12-16)30(35,36)37/h2-7,10-12,17,41H,8-9,13H2,1H3,(H,38,43)(H,39,42)/t17-/m0/s1. The van der Waals surface area contributed by atoms with E-state index in [4.69, 9.17) is 4.74 Å². The topological polar surface area (TPSA) is 108 Å². The van der Waals surface area contributed by atoms with Crippen LogP contribution in [0.4, 0.5) is 42.1 Å². The number of carbonyl (C=O) groups excluding carboxylic acids is 3. The van der Waals surface area contributed by atoms with Gasteiger partial charge in [-0.1, -0.05) is 6.07 Å². The maximum atomic E-state index is 13.8. The predicted molar refractivity (Wildman–Crippen MR) is 154 cm³/mol. The van der Waals surface area contributed by atoms with E-state index in [2.05, 4.69) is 10.6 Å². The molecule has 0 unspecified atom stereocenters. The Labute approximate surface area is 259 Å². The number of methoxy groups -OCH3 is 1. The Kier molecular flexibility index (Phi) is 8.70. The molecule has 4 aromatic rings. The molecular formula is C30H22F7N3O5S. The Morgan fingerprint density at radius 3 is 2.30 bits per heavy atom. The molecule has 0 radical (unpaired) electrons. The van der Waals surface area contributed by atoms with E-state index >= 15 is 0 Å². The molecule has 0 saturated carbocycles. The summed E-state index contributed by atoms with van der Waals surface area (Å²) in [5.41, 5.74) is -3.56. The van der Waals surface area contributed by atoms with Crippen molar-refractivity contribution in [3.63, 3.8) is 0 Å². The minimum Gasteiger partial charge on any atom is -0.496 e. The number of carbonyl (C=O) groups is 3. The van der Waals surface area contributed by atoms with Crippen LogP contribution in [0.2, 0.25) is 0 Å². The number of halogens is 7. The fraction of sp³-hybridized carbons (Fsp3) is 0.233. The number of nitrogens with zero attached hydrogens (tertiary/aromatic N) is 1. The lowest BCUT2D eigenvalue weighted by Gasteiger charge is -2.17. The van der Waals surface area contributed by atoms with Crippen LogP contribution in [-0.4, -0.2) is 54.0 Å². The number of β-amino-alcohol motifs (C(OH)–C–C–N with tert-alkyl or cyclic N) is 1. The van der Waals surface area contributed by atoms with Crippen molar-refractivity contribution in [2.45, 2.75) is 24.9 Å². The number of aliphatic hydroxyl groups excluding tert-OH is 1. The first-order chi connectivity index (χ1) is 21.6. The van der Waals surface area contributed by atoms with E-state index in [1.165, 1.54) is 30.2 Å². The smallest absolute Gasteiger partial charge is 0.419 e. The summed E-state index contributed by atoms with van der Waals surface area (Å²) in [5, 5.41) is 14.5. The normalized spacial score (nSPS) is 15.2. The second kappa shape index (κ2) is 12.2. The van der Waals surface area contributed by atoms with Crippen LogP contribution in [0, 0.1) is 5.82 Å². The average Bonchev–Trinajstić information content (AvgIpc) is 3.59. The fourth-order valence-electron chi connectivity index (χ4n) is 4.87. The lowest BCUT2D eigenvalue weighted by atomic mass is 10.1. The third-order valence-electron chi connectivity index (χ3n) is 7.13. The first-order valence-corrected chi connectivity index (χ1v) is 14.2. The number of aliphatic hydroxyl groups is 1. The molecule has 1 aromatic heterocycles. The van der Waals surface area contributed by atoms with Crippen LogP contribution in [0.15, 0.2) is 54.6 Å². The lowest BCUT2D eigenvalue weighted by Crippen LogP contribution is -2.29. The summed E-state index contributed by atoms with van der Waals surface area (Å²) in [7, 11) is 1.25. The van der Waals surface area contributed by atoms with Gasteiger partial charge in [0.15, 0.2) is 0 Å². The monoisotopic (exact) mass is 669 g/mol. The van der Waals surface area contributed by atoms with Gasteiger partial charge in [0.05, 0.1) is 35.6 Å². The van der Waals surface area contributed by atoms with Crippen molar-refractivity contribution in [1.82, 2.24) is 4.90 Å². The first kappa shape index (κ1) is 32.7. The number of rotatable bonds is 6. The molecule has 46 heavy (non-hydrogen) atoms. The maximum absolute atomic E-state index is 13.8. The van der Waals surface area contributed by atoms with Gasteiger partial charge in [0, 0.05) is 34.4 Å². The molecule has 0 aliphatic carbocycles. The van der Waals surface area contributed by atoms with E-state index in [1.54, 1.807) is 0 Å². The molecular weight excluding hydrogens is 647 g/mol. The van der Waals surface area contributed by atoms with Gasteiger partial charge in [-0.15, -0.1) is 11.3 Å². The highest BCUT2D eigenvalue weighted by atomic mass is 32.1. The third-order valence-corrected chi connectivity index (χ3v) is 8.28. The van der Waals surface area contributed by atoms with E-state index in [0.717, 1.165) is 24.3 Å². The zero-order chi connectivity index (χ0) is 33.6. The molecule has 1 saturated heterocycles. The number of thiophene rings is 1. The number of nitrogens with one attached hydrogen (secondary N) is 2. The van der Waals surface area contributed by atoms with Crippen molar-refractivity contribution in [2.24, 2.45) is 0 Å². The highest BCUT2D eigenvalue weighted by Crippen LogP contribution is 2.41. The largest absolute Gasteiger partial charge is 0.496 e. The molecule has 1 aliphatic heterocycles. The number of anilines is 2. The summed E-state index contributed by atoms with van der Waals surface area (Å²) >= 11 is 0.528. The molecule has 16 heteroatoms. The van der Waals surface area contributed by atoms with Crippen LogP contribution in [0.1, 0.15) is 47.9 Å². The summed E-state index contributed by atoms with van der Waals surface area (Å²) in [6.07, 6.45) is -10.2. The van der Waals surface area contributed by atoms with E-state index in [-0.39, 0.29) is 50.6 Å². The van der Waals surface area contributed by atoms with E-state index in [9.17, 15) is 50.2 Å². The highest BCUT2D eigenvalue weighted by molar-refractivity contribution is 7.21. The molecule has 2 heterocycles. The molecule has 242 valence electrons. The molecule has 1 fully saturated rings. The summed E-state index contributed by atoms with van der Waals surface area (Å²) in [4.78, 5) is 41.0. The number of hydrogen-bond acceptors (Lipinski definition) is 6. The summed E-state index contributed by atoms with van der Waals surface area (Å²) in [6, 6.07) is 8.17. The zero-order valence-electron chi connectivity index (χ0n) is 23.5. The minimum atomic E-state index is -5.08. The van der Waals surface area contributed by atoms with Gasteiger partial charge in [0.2, 0.25) is 0 Å². The second-order valence-corrected chi connectivity index (χ2v) is 11.3. The van der Waals surface area contributed by atoms with E-state index < -0.39 is 58.8 Å². The molecule has 0 bridgehead atoms. The first-order valence-electron chi connectivity index (χ1n) is 13.4. The minimum absolute atomic E-state index is 0.00355. The quantitative estimate of drug-likeness (QED) is 0.196. The van der Waals surface area contributed by atoms with Crippen LogP contribution in [0.3, 0.4) is 0 Å². The number of alkyl halides is 6. The maximum Gasteiger partial charge on any atom is 0.419 e. The molecule has 1 aliphatic rings. The number of fused-ring (bicyclic) bond motifs is 1. The molecule has 3 amide bonds. The van der Waals surface area contributed by atoms with Crippen LogP contribution in [0.5, 0.6) is 5.75 Å². The number of amides is 3. The zero-order valence-corrected chi connectivity index (χ0v) is 24.3. The van der Waals surface area contributed by atoms with Crippen molar-refractivity contribution in [3.05, 3.63) is 87.5 Å². The van der Waals surface area contributed by atoms with Crippen molar-refractivity contribution >= 4 is 50.5 Å². The van der Waals surface area contributed by atoms with Crippen molar-refractivity contribution in [1.29, 1.82) is 0 Å². The Morgan fingerprint density at radius 2 is 1.67 bits per heavy atom. The number of ether oxygens (including phenoxy) is 1. The van der Waals surface area contributed by atoms with Gasteiger partial charge in [0.1, 0.15) is 16.4 Å². The summed E-state index contributed by atoms with van der Waals surface area (Å²) in [6.45, 7) is 0.371. The highest BCUT2D eigenvalue weighted by Gasteiger charge is 2.35. The van der Waals surface area contributed by atoms with Gasteiger partial charge in [-0.2, -0.15) is 26.3 Å². The Hall–Kier alpha value is -4.70. The lowest BCUT2D eigenvalue weighted by molar-refractivity contribution is -0.140. The summed E-state index contributed by atoms with van der Waals surface area (Å²) < 4.78 is 99.1. The summed E-state index contributed by atoms with van der Waals surface area (Å²) in [5.74, 6) is -4.09. The van der Waals surface area contributed by atoms with Crippen LogP contribution in [-0.2, 0) is 12.4 Å². The van der Waals surface area contributed by atoms with Crippen LogP contribution in [0.25, 0.3) is 10.1 Å². The van der Waals surface area contributed by atoms with Crippen LogP contribution >= 0.6 is 11.3 Å². The van der Waals surface area contributed by atoms with Gasteiger partial charge in [-0.05, 0) is 55.0 Å². The number of benzene rings is 3. The van der Waals surface area contributed by atoms with Gasteiger partial charge >= 0.3 is 12.4 Å². The predicted octanol–water partition coefficient (Wildman–Crippen LogP) is 6.80. The van der Waals surface area contributed by atoms with Crippen molar-refractivity contribution in [3.8, 4) is 5.75 Å². The molecule has 3 N–H and O–H groups in total. The Morgan fingerprint density at radius 1 is 0.935 bits per heavy atom. The van der Waals surface area contributed by atoms with E-state index in [0.29, 0.717) is 29.9 Å². The Balaban J connectivity index is 1.54. The van der Waals surface area contributed by atoms with Gasteiger partial charge in [0.25, 0.3) is 17.7 Å². The molecule has 1 atom stereocenters. The third kappa shape index (κ3) is 6.62.